The molecule has 0 aromatic heterocycles. The summed E-state index contributed by atoms with van der Waals surface area (Å²) in [4.78, 5) is 0. The van der Waals surface area contributed by atoms with Gasteiger partial charge < -0.3 is 5.73 Å². The third-order valence-electron chi connectivity index (χ3n) is 3.22. The second kappa shape index (κ2) is 6.70. The van der Waals surface area contributed by atoms with Gasteiger partial charge in [-0.25, -0.2) is 13.1 Å². The van der Waals surface area contributed by atoms with Crippen LogP contribution in [-0.4, -0.2) is 21.0 Å². The lowest BCUT2D eigenvalue weighted by molar-refractivity contribution is 0.518. The van der Waals surface area contributed by atoms with Crippen LogP contribution in [0, 0.1) is 12.8 Å². The van der Waals surface area contributed by atoms with E-state index >= 15 is 0 Å². The number of nitrogens with two attached hydrogens (primary N) is 1. The van der Waals surface area contributed by atoms with Crippen molar-refractivity contribution in [2.24, 2.45) is 11.7 Å². The molecule has 0 aliphatic heterocycles. The lowest BCUT2D eigenvalue weighted by atomic mass is 10.2. The standard InChI is InChI=1S/C13H20N2O2S.ClH/c1-10-3-2-4-11(7-10)9-18(16,17)15-13(8-14)12-5-6-12;/h2-4,7,12-13,15H,5-6,8-9,14H2,1H3;1H. The first-order chi connectivity index (χ1) is 8.50. The summed E-state index contributed by atoms with van der Waals surface area (Å²) in [5.74, 6) is 0.458. The maximum atomic E-state index is 12.0. The van der Waals surface area contributed by atoms with E-state index in [1.54, 1.807) is 0 Å². The van der Waals surface area contributed by atoms with E-state index in [2.05, 4.69) is 4.72 Å². The zero-order chi connectivity index (χ0) is 13.2. The molecule has 108 valence electrons. The summed E-state index contributed by atoms with van der Waals surface area (Å²) >= 11 is 0. The monoisotopic (exact) mass is 304 g/mol. The Morgan fingerprint density at radius 2 is 2.11 bits per heavy atom. The summed E-state index contributed by atoms with van der Waals surface area (Å²) in [5.41, 5.74) is 7.50. The minimum absolute atomic E-state index is 0. The van der Waals surface area contributed by atoms with E-state index in [4.69, 9.17) is 5.73 Å². The Bertz CT molecular complexity index is 515. The molecule has 1 saturated carbocycles. The van der Waals surface area contributed by atoms with Crippen LogP contribution in [0.4, 0.5) is 0 Å². The number of hydrogen-bond acceptors (Lipinski definition) is 3. The Hall–Kier alpha value is -0.620. The molecule has 4 nitrogen and oxygen atoms in total. The van der Waals surface area contributed by atoms with Crippen molar-refractivity contribution in [1.82, 2.24) is 4.72 Å². The summed E-state index contributed by atoms with van der Waals surface area (Å²) in [6.07, 6.45) is 2.16. The van der Waals surface area contributed by atoms with Gasteiger partial charge in [-0.2, -0.15) is 0 Å². The number of nitrogens with one attached hydrogen (secondary N) is 1. The molecule has 0 bridgehead atoms. The van der Waals surface area contributed by atoms with E-state index in [0.29, 0.717) is 12.5 Å². The molecule has 1 aliphatic rings. The molecule has 19 heavy (non-hydrogen) atoms. The quantitative estimate of drug-likeness (QED) is 0.838. The van der Waals surface area contributed by atoms with E-state index in [-0.39, 0.29) is 24.2 Å². The Morgan fingerprint density at radius 3 is 2.63 bits per heavy atom. The molecular weight excluding hydrogens is 284 g/mol. The van der Waals surface area contributed by atoms with Crippen molar-refractivity contribution in [3.05, 3.63) is 35.4 Å². The molecule has 0 saturated heterocycles. The number of rotatable bonds is 6. The third kappa shape index (κ3) is 5.10. The number of hydrogen-bond donors (Lipinski definition) is 2. The molecular formula is C13H21ClN2O2S. The van der Waals surface area contributed by atoms with Crippen LogP contribution in [0.25, 0.3) is 0 Å². The van der Waals surface area contributed by atoms with Gasteiger partial charge in [-0.3, -0.25) is 0 Å². The van der Waals surface area contributed by atoms with Gasteiger partial charge in [0.25, 0.3) is 0 Å². The predicted octanol–water partition coefficient (Wildman–Crippen LogP) is 1.57. The average Bonchev–Trinajstić information content (AvgIpc) is 3.09. The van der Waals surface area contributed by atoms with E-state index in [9.17, 15) is 8.42 Å². The van der Waals surface area contributed by atoms with Gasteiger partial charge in [-0.1, -0.05) is 29.8 Å². The highest BCUT2D eigenvalue weighted by Crippen LogP contribution is 2.32. The molecule has 0 heterocycles. The van der Waals surface area contributed by atoms with Crippen molar-refractivity contribution >= 4 is 22.4 Å². The van der Waals surface area contributed by atoms with Crippen molar-refractivity contribution in [3.8, 4) is 0 Å². The second-order valence-electron chi connectivity index (χ2n) is 5.05. The minimum atomic E-state index is -3.30. The topological polar surface area (TPSA) is 72.2 Å². The van der Waals surface area contributed by atoms with Gasteiger partial charge in [-0.15, -0.1) is 12.4 Å². The molecule has 1 unspecified atom stereocenters. The van der Waals surface area contributed by atoms with Gasteiger partial charge in [0, 0.05) is 12.6 Å². The second-order valence-corrected chi connectivity index (χ2v) is 6.80. The van der Waals surface area contributed by atoms with Gasteiger partial charge in [0.15, 0.2) is 0 Å². The maximum Gasteiger partial charge on any atom is 0.216 e. The molecule has 1 fully saturated rings. The molecule has 1 aliphatic carbocycles. The maximum absolute atomic E-state index is 12.0. The lowest BCUT2D eigenvalue weighted by Crippen LogP contribution is -2.42. The van der Waals surface area contributed by atoms with Crippen LogP contribution in [0.2, 0.25) is 0 Å². The van der Waals surface area contributed by atoms with Crippen LogP contribution in [0.15, 0.2) is 24.3 Å². The van der Waals surface area contributed by atoms with E-state index < -0.39 is 10.0 Å². The first-order valence-corrected chi connectivity index (χ1v) is 7.91. The first-order valence-electron chi connectivity index (χ1n) is 6.26. The molecule has 1 atom stereocenters. The molecule has 6 heteroatoms. The Labute approximate surface area is 121 Å². The minimum Gasteiger partial charge on any atom is -0.329 e. The van der Waals surface area contributed by atoms with Crippen molar-refractivity contribution in [3.63, 3.8) is 0 Å². The predicted molar refractivity (Wildman–Crippen MR) is 79.8 cm³/mol. The van der Waals surface area contributed by atoms with Crippen LogP contribution in [0.3, 0.4) is 0 Å². The highest BCUT2D eigenvalue weighted by molar-refractivity contribution is 7.88. The Balaban J connectivity index is 0.00000180. The van der Waals surface area contributed by atoms with Gasteiger partial charge in [0.05, 0.1) is 5.75 Å². The van der Waals surface area contributed by atoms with E-state index in [0.717, 1.165) is 24.0 Å². The molecule has 0 spiro atoms. The first kappa shape index (κ1) is 16.4. The van der Waals surface area contributed by atoms with Crippen LogP contribution in [0.1, 0.15) is 24.0 Å². The summed E-state index contributed by atoms with van der Waals surface area (Å²) in [7, 11) is -3.30. The smallest absolute Gasteiger partial charge is 0.216 e. The van der Waals surface area contributed by atoms with Crippen molar-refractivity contribution in [2.75, 3.05) is 6.54 Å². The number of benzene rings is 1. The molecule has 1 aromatic carbocycles. The van der Waals surface area contributed by atoms with Crippen molar-refractivity contribution in [1.29, 1.82) is 0 Å². The van der Waals surface area contributed by atoms with E-state index in [1.807, 2.05) is 31.2 Å². The highest BCUT2D eigenvalue weighted by Gasteiger charge is 2.32. The van der Waals surface area contributed by atoms with Gasteiger partial charge in [-0.05, 0) is 31.2 Å². The fourth-order valence-electron chi connectivity index (χ4n) is 2.13. The Kier molecular flexibility index (Phi) is 5.80. The summed E-state index contributed by atoms with van der Waals surface area (Å²) < 4.78 is 26.8. The van der Waals surface area contributed by atoms with E-state index in [1.165, 1.54) is 0 Å². The fourth-order valence-corrected chi connectivity index (χ4v) is 3.58. The van der Waals surface area contributed by atoms with Crippen LogP contribution in [0.5, 0.6) is 0 Å². The average molecular weight is 305 g/mol. The zero-order valence-corrected chi connectivity index (χ0v) is 12.6. The summed E-state index contributed by atoms with van der Waals surface area (Å²) in [5, 5.41) is 0. The molecule has 1 aromatic rings. The molecule has 3 N–H and O–H groups in total. The molecule has 2 rings (SSSR count). The molecule has 0 amide bonds. The summed E-state index contributed by atoms with van der Waals surface area (Å²) in [6, 6.07) is 7.46. The zero-order valence-electron chi connectivity index (χ0n) is 11.0. The van der Waals surface area contributed by atoms with Crippen LogP contribution >= 0.6 is 12.4 Å². The fraction of sp³-hybridized carbons (Fsp3) is 0.538. The number of aryl methyl sites for hydroxylation is 1. The van der Waals surface area contributed by atoms with Gasteiger partial charge in [0.2, 0.25) is 10.0 Å². The SMILES string of the molecule is Cc1cccc(CS(=O)(=O)NC(CN)C2CC2)c1.Cl. The number of halogens is 1. The third-order valence-corrected chi connectivity index (χ3v) is 4.59. The lowest BCUT2D eigenvalue weighted by Gasteiger charge is -2.16. The van der Waals surface area contributed by atoms with Crippen LogP contribution < -0.4 is 10.5 Å². The van der Waals surface area contributed by atoms with Crippen molar-refractivity contribution in [2.45, 2.75) is 31.6 Å². The summed E-state index contributed by atoms with van der Waals surface area (Å²) in [6.45, 7) is 2.33. The Morgan fingerprint density at radius 1 is 1.42 bits per heavy atom. The normalized spacial score (nSPS) is 16.7. The largest absolute Gasteiger partial charge is 0.329 e. The van der Waals surface area contributed by atoms with Crippen LogP contribution in [-0.2, 0) is 15.8 Å². The van der Waals surface area contributed by atoms with Gasteiger partial charge >= 0.3 is 0 Å². The molecule has 0 radical (unpaired) electrons. The highest BCUT2D eigenvalue weighted by atomic mass is 35.5. The van der Waals surface area contributed by atoms with Gasteiger partial charge in [0.1, 0.15) is 0 Å². The number of sulfonamides is 1. The van der Waals surface area contributed by atoms with Crippen molar-refractivity contribution < 1.29 is 8.42 Å².